The van der Waals surface area contributed by atoms with Crippen LogP contribution in [0.15, 0.2) is 0 Å². The predicted octanol–water partition coefficient (Wildman–Crippen LogP) is 4.42. The maximum absolute atomic E-state index is 12.3. The van der Waals surface area contributed by atoms with E-state index in [4.69, 9.17) is 4.18 Å². The summed E-state index contributed by atoms with van der Waals surface area (Å²) in [5, 5.41) is 10.1. The van der Waals surface area contributed by atoms with E-state index in [9.17, 15) is 18.3 Å². The van der Waals surface area contributed by atoms with Gasteiger partial charge < -0.3 is 5.11 Å². The number of rotatable bonds is 5. The van der Waals surface area contributed by atoms with Gasteiger partial charge in [-0.15, -0.1) is 0 Å². The van der Waals surface area contributed by atoms with Crippen LogP contribution in [0.3, 0.4) is 0 Å². The number of carboxylic acids is 1. The highest BCUT2D eigenvalue weighted by molar-refractivity contribution is 7.98. The average molecular weight is 445 g/mol. The Balaban J connectivity index is 1.77. The van der Waals surface area contributed by atoms with E-state index in [1.165, 1.54) is 6.26 Å². The Morgan fingerprint density at radius 3 is 2.45 bits per heavy atom. The van der Waals surface area contributed by atoms with Crippen LogP contribution in [0.25, 0.3) is 0 Å². The first-order valence-corrected chi connectivity index (χ1v) is 14.3. The van der Waals surface area contributed by atoms with Crippen LogP contribution in [0, 0.1) is 39.9 Å². The largest absolute Gasteiger partial charge is 0.481 e. The van der Waals surface area contributed by atoms with Gasteiger partial charge in [0.05, 0.1) is 17.8 Å². The SMILES string of the molecule is CSC[C@H]1[C@@H]2CC[C@@]3(CC[C@H]4[C@@](C)(CCC[C@@]4(C)C(=O)O)[C@@H]3C2)[C@H]1OS(C)(=O)=O. The van der Waals surface area contributed by atoms with Gasteiger partial charge in [-0.1, -0.05) is 13.3 Å². The van der Waals surface area contributed by atoms with E-state index in [1.54, 1.807) is 11.8 Å². The molecule has 0 aliphatic heterocycles. The highest BCUT2D eigenvalue weighted by Crippen LogP contribution is 2.72. The summed E-state index contributed by atoms with van der Waals surface area (Å²) in [6.07, 6.45) is 10.8. The molecule has 0 aromatic heterocycles. The maximum Gasteiger partial charge on any atom is 0.309 e. The minimum Gasteiger partial charge on any atom is -0.481 e. The second-order valence-electron chi connectivity index (χ2n) is 10.8. The van der Waals surface area contributed by atoms with Crippen molar-refractivity contribution in [2.24, 2.45) is 39.9 Å². The highest BCUT2D eigenvalue weighted by atomic mass is 32.2. The minimum absolute atomic E-state index is 0.0499. The number of hydrogen-bond acceptors (Lipinski definition) is 5. The number of fused-ring (bicyclic) bond motifs is 3. The molecule has 0 radical (unpaired) electrons. The summed E-state index contributed by atoms with van der Waals surface area (Å²) in [7, 11) is -3.54. The van der Waals surface area contributed by atoms with Crippen LogP contribution in [0.2, 0.25) is 0 Å². The van der Waals surface area contributed by atoms with Gasteiger partial charge in [0.25, 0.3) is 10.1 Å². The quantitative estimate of drug-likeness (QED) is 0.632. The van der Waals surface area contributed by atoms with Crippen LogP contribution >= 0.6 is 11.8 Å². The fraction of sp³-hybridized carbons (Fsp3) is 0.955. The van der Waals surface area contributed by atoms with Crippen LogP contribution in [0.1, 0.15) is 65.2 Å². The molecule has 1 spiro atoms. The average Bonchev–Trinajstić information content (AvgIpc) is 2.62. The van der Waals surface area contributed by atoms with E-state index in [2.05, 4.69) is 13.2 Å². The Kier molecular flexibility index (Phi) is 5.39. The normalized spacial score (nSPS) is 49.3. The van der Waals surface area contributed by atoms with Gasteiger partial charge in [0.15, 0.2) is 0 Å². The lowest BCUT2D eigenvalue weighted by molar-refractivity contribution is -0.234. The van der Waals surface area contributed by atoms with Gasteiger partial charge in [-0.2, -0.15) is 20.2 Å². The molecule has 2 bridgehead atoms. The smallest absolute Gasteiger partial charge is 0.309 e. The lowest BCUT2D eigenvalue weighted by atomic mass is 9.35. The molecule has 5 fully saturated rings. The number of carboxylic acid groups (broad SMARTS) is 1. The predicted molar refractivity (Wildman–Crippen MR) is 115 cm³/mol. The van der Waals surface area contributed by atoms with Gasteiger partial charge in [-0.25, -0.2) is 0 Å². The van der Waals surface area contributed by atoms with Crippen molar-refractivity contribution in [1.82, 2.24) is 0 Å². The molecule has 5 rings (SSSR count). The summed E-state index contributed by atoms with van der Waals surface area (Å²) in [5.41, 5.74) is -0.844. The number of aliphatic carboxylic acids is 1. The Morgan fingerprint density at radius 1 is 1.14 bits per heavy atom. The van der Waals surface area contributed by atoms with Crippen molar-refractivity contribution in [3.05, 3.63) is 0 Å². The van der Waals surface area contributed by atoms with Crippen LogP contribution in [0.5, 0.6) is 0 Å². The standard InChI is InChI=1S/C22H36O5S2/c1-20-8-5-9-21(2,19(23)24)16(20)7-11-22-10-6-14(12-17(20)22)15(13-28-3)18(22)27-29(4,25)26/h14-18H,5-13H2,1-4H3,(H,23,24)/t14-,15+,16+,17+,18+,20-,21-,22+/m1/s1. The van der Waals surface area contributed by atoms with Crippen LogP contribution in [0.4, 0.5) is 0 Å². The van der Waals surface area contributed by atoms with Gasteiger partial charge in [0, 0.05) is 5.41 Å². The molecule has 0 heterocycles. The second-order valence-corrected chi connectivity index (χ2v) is 13.3. The molecule has 0 unspecified atom stereocenters. The van der Waals surface area contributed by atoms with Crippen molar-refractivity contribution < 1.29 is 22.5 Å². The van der Waals surface area contributed by atoms with E-state index in [1.807, 2.05) is 6.92 Å². The number of hydrogen-bond donors (Lipinski definition) is 1. The zero-order chi connectivity index (χ0) is 21.2. The topological polar surface area (TPSA) is 80.7 Å². The second kappa shape index (κ2) is 7.13. The van der Waals surface area contributed by atoms with E-state index in [-0.39, 0.29) is 28.8 Å². The highest BCUT2D eigenvalue weighted by Gasteiger charge is 2.69. The molecule has 5 nitrogen and oxygen atoms in total. The summed E-state index contributed by atoms with van der Waals surface area (Å²) in [6.45, 7) is 4.28. The molecule has 1 N–H and O–H groups in total. The molecular weight excluding hydrogens is 408 g/mol. The van der Waals surface area contributed by atoms with E-state index < -0.39 is 21.5 Å². The van der Waals surface area contributed by atoms with Crippen molar-refractivity contribution in [2.75, 3.05) is 18.3 Å². The van der Waals surface area contributed by atoms with Crippen molar-refractivity contribution in [2.45, 2.75) is 71.3 Å². The molecule has 29 heavy (non-hydrogen) atoms. The summed E-state index contributed by atoms with van der Waals surface area (Å²) in [5.74, 6) is 1.56. The van der Waals surface area contributed by atoms with Crippen molar-refractivity contribution in [3.63, 3.8) is 0 Å². The third-order valence-electron chi connectivity index (χ3n) is 9.57. The van der Waals surface area contributed by atoms with Crippen LogP contribution in [-0.2, 0) is 19.1 Å². The molecule has 0 aromatic carbocycles. The number of thioether (sulfide) groups is 1. The Hall–Kier alpha value is -0.270. The molecule has 166 valence electrons. The summed E-state index contributed by atoms with van der Waals surface area (Å²) < 4.78 is 30.4. The first-order chi connectivity index (χ1) is 13.5. The lowest BCUT2D eigenvalue weighted by Gasteiger charge is -2.70. The van der Waals surface area contributed by atoms with Gasteiger partial charge in [0.2, 0.25) is 0 Å². The molecule has 5 aliphatic rings. The monoisotopic (exact) mass is 444 g/mol. The molecule has 0 saturated heterocycles. The Bertz CT molecular complexity index is 782. The first kappa shape index (κ1) is 21.9. The third-order valence-corrected chi connectivity index (χ3v) is 10.8. The molecule has 5 aliphatic carbocycles. The number of carbonyl (C=O) groups is 1. The molecular formula is C22H36O5S2. The zero-order valence-electron chi connectivity index (χ0n) is 18.1. The Labute approximate surface area is 179 Å². The third kappa shape index (κ3) is 3.20. The summed E-state index contributed by atoms with van der Waals surface area (Å²) in [6, 6.07) is 0. The van der Waals surface area contributed by atoms with Gasteiger partial charge in [-0.05, 0) is 93.0 Å². The van der Waals surface area contributed by atoms with Crippen molar-refractivity contribution >= 4 is 27.8 Å². The van der Waals surface area contributed by atoms with Gasteiger partial charge in [-0.3, -0.25) is 8.98 Å². The van der Waals surface area contributed by atoms with E-state index in [0.717, 1.165) is 57.1 Å². The van der Waals surface area contributed by atoms with Gasteiger partial charge in [0.1, 0.15) is 0 Å². The van der Waals surface area contributed by atoms with E-state index in [0.29, 0.717) is 11.8 Å². The van der Waals surface area contributed by atoms with Crippen molar-refractivity contribution in [3.8, 4) is 0 Å². The zero-order valence-corrected chi connectivity index (χ0v) is 19.8. The molecule has 0 aromatic rings. The molecule has 0 amide bonds. The van der Waals surface area contributed by atoms with Crippen LogP contribution in [-0.4, -0.2) is 43.9 Å². The fourth-order valence-corrected chi connectivity index (χ4v) is 10.0. The lowest BCUT2D eigenvalue weighted by Crippen LogP contribution is -2.67. The molecule has 5 saturated carbocycles. The minimum atomic E-state index is -3.54. The van der Waals surface area contributed by atoms with E-state index >= 15 is 0 Å². The summed E-state index contributed by atoms with van der Waals surface area (Å²) >= 11 is 1.79. The molecule has 7 heteroatoms. The summed E-state index contributed by atoms with van der Waals surface area (Å²) in [4.78, 5) is 12.3. The first-order valence-electron chi connectivity index (χ1n) is 11.1. The van der Waals surface area contributed by atoms with Crippen LogP contribution < -0.4 is 0 Å². The fourth-order valence-electron chi connectivity index (χ4n) is 8.47. The maximum atomic E-state index is 12.3. The van der Waals surface area contributed by atoms with Gasteiger partial charge >= 0.3 is 5.97 Å². The Morgan fingerprint density at radius 2 is 1.83 bits per heavy atom. The molecule has 8 atom stereocenters. The van der Waals surface area contributed by atoms with Crippen molar-refractivity contribution in [1.29, 1.82) is 0 Å².